The highest BCUT2D eigenvalue weighted by Gasteiger charge is 2.28. The molecule has 26 heavy (non-hydrogen) atoms. The Morgan fingerprint density at radius 3 is 2.46 bits per heavy atom. The van der Waals surface area contributed by atoms with Gasteiger partial charge in [0.1, 0.15) is 0 Å². The molecule has 1 aliphatic rings. The van der Waals surface area contributed by atoms with Crippen LogP contribution < -0.4 is 10.5 Å². The highest BCUT2D eigenvalue weighted by molar-refractivity contribution is 7.89. The molecule has 140 valence electrons. The summed E-state index contributed by atoms with van der Waals surface area (Å²) in [4.78, 5) is -0.0500. The quantitative estimate of drug-likeness (QED) is 0.789. The zero-order valence-electron chi connectivity index (χ0n) is 13.9. The number of nitrogens with one attached hydrogen (secondary N) is 1. The lowest BCUT2D eigenvalue weighted by Crippen LogP contribution is -2.31. The van der Waals surface area contributed by atoms with Crippen LogP contribution in [0.5, 0.6) is 0 Å². The van der Waals surface area contributed by atoms with E-state index in [1.54, 1.807) is 6.07 Å². The van der Waals surface area contributed by atoms with Gasteiger partial charge in [-0.1, -0.05) is 18.2 Å². The summed E-state index contributed by atoms with van der Waals surface area (Å²) in [6.45, 7) is 0. The molecule has 0 fully saturated rings. The minimum atomic E-state index is -4.33. The van der Waals surface area contributed by atoms with E-state index in [0.717, 1.165) is 24.0 Å². The normalized spacial score (nSPS) is 17.7. The molecule has 0 aromatic heterocycles. The second-order valence-electron chi connectivity index (χ2n) is 6.46. The van der Waals surface area contributed by atoms with Gasteiger partial charge >= 0.3 is 6.18 Å². The van der Waals surface area contributed by atoms with Crippen LogP contribution in [0.15, 0.2) is 47.4 Å². The van der Waals surface area contributed by atoms with Crippen LogP contribution in [0.3, 0.4) is 0 Å². The Balaban J connectivity index is 1.80. The molecule has 0 heterocycles. The topological polar surface area (TPSA) is 72.2 Å². The molecule has 0 saturated heterocycles. The Bertz CT molecular complexity index is 894. The molecule has 3 N–H and O–H groups in total. The third-order valence-electron chi connectivity index (χ3n) is 4.42. The van der Waals surface area contributed by atoms with Crippen molar-refractivity contribution in [2.45, 2.75) is 42.8 Å². The number of anilines is 1. The van der Waals surface area contributed by atoms with Crippen LogP contribution in [0.4, 0.5) is 18.9 Å². The van der Waals surface area contributed by atoms with Gasteiger partial charge in [-0.3, -0.25) is 0 Å². The van der Waals surface area contributed by atoms with Crippen molar-refractivity contribution in [3.05, 3.63) is 59.2 Å². The summed E-state index contributed by atoms with van der Waals surface area (Å²) in [6.07, 6.45) is -3.09. The first-order valence-corrected chi connectivity index (χ1v) is 9.69. The predicted octanol–water partition coefficient (Wildman–Crippen LogP) is 3.73. The Morgan fingerprint density at radius 1 is 1.12 bits per heavy atom. The highest BCUT2D eigenvalue weighted by Crippen LogP contribution is 2.32. The molecule has 0 saturated carbocycles. The van der Waals surface area contributed by atoms with Crippen LogP contribution in [0, 0.1) is 0 Å². The van der Waals surface area contributed by atoms with Crippen LogP contribution >= 0.6 is 0 Å². The number of halogens is 3. The molecule has 4 nitrogen and oxygen atoms in total. The number of fused-ring (bicyclic) bond motifs is 1. The minimum Gasteiger partial charge on any atom is -0.399 e. The Kier molecular flexibility index (Phi) is 4.98. The van der Waals surface area contributed by atoms with Crippen molar-refractivity contribution >= 4 is 15.7 Å². The molecule has 1 unspecified atom stereocenters. The van der Waals surface area contributed by atoms with Crippen molar-refractivity contribution in [3.63, 3.8) is 0 Å². The smallest absolute Gasteiger partial charge is 0.393 e. The molecule has 2 aromatic rings. The molecule has 1 aliphatic carbocycles. The maximum Gasteiger partial charge on any atom is 0.393 e. The van der Waals surface area contributed by atoms with E-state index in [4.69, 9.17) is 5.73 Å². The predicted molar refractivity (Wildman–Crippen MR) is 93.1 cm³/mol. The number of hydrogen-bond donors (Lipinski definition) is 2. The average molecular weight is 384 g/mol. The third-order valence-corrected chi connectivity index (χ3v) is 5.90. The van der Waals surface area contributed by atoms with Gasteiger partial charge < -0.3 is 5.73 Å². The van der Waals surface area contributed by atoms with E-state index in [2.05, 4.69) is 4.72 Å². The van der Waals surface area contributed by atoms with Crippen molar-refractivity contribution in [2.24, 2.45) is 0 Å². The van der Waals surface area contributed by atoms with E-state index in [1.165, 1.54) is 24.3 Å². The van der Waals surface area contributed by atoms with Crippen molar-refractivity contribution in [1.82, 2.24) is 4.72 Å². The Morgan fingerprint density at radius 2 is 1.81 bits per heavy atom. The van der Waals surface area contributed by atoms with Gasteiger partial charge in [0.25, 0.3) is 0 Å². The molecule has 3 rings (SSSR count). The van der Waals surface area contributed by atoms with E-state index in [9.17, 15) is 21.6 Å². The highest BCUT2D eigenvalue weighted by atomic mass is 32.2. The fourth-order valence-electron chi connectivity index (χ4n) is 3.23. The van der Waals surface area contributed by atoms with E-state index in [-0.39, 0.29) is 16.5 Å². The summed E-state index contributed by atoms with van der Waals surface area (Å²) in [5, 5.41) is 0. The van der Waals surface area contributed by atoms with Gasteiger partial charge in [0, 0.05) is 11.7 Å². The maximum atomic E-state index is 12.6. The summed E-state index contributed by atoms with van der Waals surface area (Å²) in [7, 11) is -3.84. The van der Waals surface area contributed by atoms with Gasteiger partial charge in [0.15, 0.2) is 0 Å². The number of benzene rings is 2. The lowest BCUT2D eigenvalue weighted by atomic mass is 9.88. The average Bonchev–Trinajstić information content (AvgIpc) is 2.53. The molecule has 0 radical (unpaired) electrons. The van der Waals surface area contributed by atoms with Gasteiger partial charge in [-0.2, -0.15) is 13.2 Å². The number of nitrogens with two attached hydrogens (primary N) is 1. The number of aryl methyl sites for hydroxylation is 1. The first kappa shape index (κ1) is 18.7. The lowest BCUT2D eigenvalue weighted by molar-refractivity contribution is -0.127. The SMILES string of the molecule is Nc1ccc2c(c1)CCCC2NS(=O)(=O)c1ccc(CC(F)(F)F)cc1. The number of sulfonamides is 1. The van der Waals surface area contributed by atoms with Gasteiger partial charge in [0.2, 0.25) is 10.0 Å². The van der Waals surface area contributed by atoms with E-state index >= 15 is 0 Å². The zero-order chi connectivity index (χ0) is 18.9. The molecule has 0 spiro atoms. The van der Waals surface area contributed by atoms with Crippen molar-refractivity contribution < 1.29 is 21.6 Å². The molecule has 2 aromatic carbocycles. The maximum absolute atomic E-state index is 12.6. The van der Waals surface area contributed by atoms with Crippen LogP contribution in [-0.2, 0) is 22.9 Å². The van der Waals surface area contributed by atoms with Gasteiger partial charge in [-0.05, 0) is 60.2 Å². The summed E-state index contributed by atoms with van der Waals surface area (Å²) in [6, 6.07) is 9.82. The largest absolute Gasteiger partial charge is 0.399 e. The Hall–Kier alpha value is -2.06. The van der Waals surface area contributed by atoms with Gasteiger partial charge in [-0.15, -0.1) is 0 Å². The number of nitrogen functional groups attached to an aromatic ring is 1. The first-order valence-electron chi connectivity index (χ1n) is 8.20. The van der Waals surface area contributed by atoms with Crippen molar-refractivity contribution in [1.29, 1.82) is 0 Å². The monoisotopic (exact) mass is 384 g/mol. The molecular weight excluding hydrogens is 365 g/mol. The fourth-order valence-corrected chi connectivity index (χ4v) is 4.48. The summed E-state index contributed by atoms with van der Waals surface area (Å²) in [5.74, 6) is 0. The van der Waals surface area contributed by atoms with Crippen molar-refractivity contribution in [2.75, 3.05) is 5.73 Å². The van der Waals surface area contributed by atoms with Crippen LogP contribution in [0.2, 0.25) is 0 Å². The van der Waals surface area contributed by atoms with Crippen LogP contribution in [0.25, 0.3) is 0 Å². The molecule has 1 atom stereocenters. The summed E-state index contributed by atoms with van der Waals surface area (Å²) < 4.78 is 65.1. The molecule has 0 amide bonds. The van der Waals surface area contributed by atoms with E-state index in [1.807, 2.05) is 12.1 Å². The lowest BCUT2D eigenvalue weighted by Gasteiger charge is -2.26. The van der Waals surface area contributed by atoms with Gasteiger partial charge in [-0.25, -0.2) is 13.1 Å². The standard InChI is InChI=1S/C18H19F3N2O2S/c19-18(20,21)11-12-4-7-15(8-5-12)26(24,25)23-17-3-1-2-13-10-14(22)6-9-16(13)17/h4-10,17,23H,1-3,11,22H2. The molecule has 0 bridgehead atoms. The Labute approximate surface area is 150 Å². The van der Waals surface area contributed by atoms with E-state index < -0.39 is 22.6 Å². The second-order valence-corrected chi connectivity index (χ2v) is 8.17. The van der Waals surface area contributed by atoms with Gasteiger partial charge in [0.05, 0.1) is 11.3 Å². The van der Waals surface area contributed by atoms with E-state index in [0.29, 0.717) is 12.1 Å². The van der Waals surface area contributed by atoms with Crippen molar-refractivity contribution in [3.8, 4) is 0 Å². The first-order chi connectivity index (χ1) is 12.1. The minimum absolute atomic E-state index is 0.0231. The van der Waals surface area contributed by atoms with Crippen LogP contribution in [-0.4, -0.2) is 14.6 Å². The third kappa shape index (κ3) is 4.37. The number of alkyl halides is 3. The second kappa shape index (κ2) is 6.92. The zero-order valence-corrected chi connectivity index (χ0v) is 14.7. The molecule has 0 aliphatic heterocycles. The number of rotatable bonds is 4. The number of hydrogen-bond acceptors (Lipinski definition) is 3. The summed E-state index contributed by atoms with van der Waals surface area (Å²) >= 11 is 0. The fraction of sp³-hybridized carbons (Fsp3) is 0.333. The molecular formula is C18H19F3N2O2S. The molecule has 8 heteroatoms. The van der Waals surface area contributed by atoms with Crippen LogP contribution in [0.1, 0.15) is 35.6 Å². The summed E-state index contributed by atoms with van der Waals surface area (Å²) in [5.41, 5.74) is 8.35.